The standard InChI is InChI=1S/C22H21N3O3S/c1-27-17-8-6-16(7-9-17)24-13-25-21(26)11-19(20(12-23)22(25)29-14-24)15-4-3-5-18(10-15)28-2/h3-10,19H,11,13-14H2,1-2H3/t19-/m1/s1. The Morgan fingerprint density at radius 3 is 2.55 bits per heavy atom. The third-order valence-corrected chi connectivity index (χ3v) is 6.38. The van der Waals surface area contributed by atoms with Crippen LogP contribution in [-0.2, 0) is 4.79 Å². The number of fused-ring (bicyclic) bond motifs is 1. The fourth-order valence-electron chi connectivity index (χ4n) is 3.66. The van der Waals surface area contributed by atoms with Crippen molar-refractivity contribution in [2.24, 2.45) is 0 Å². The molecule has 0 aromatic heterocycles. The summed E-state index contributed by atoms with van der Waals surface area (Å²) in [7, 11) is 3.25. The Morgan fingerprint density at radius 1 is 1.10 bits per heavy atom. The number of ether oxygens (including phenoxy) is 2. The van der Waals surface area contributed by atoms with Crippen molar-refractivity contribution < 1.29 is 14.3 Å². The number of hydrogen-bond donors (Lipinski definition) is 0. The minimum absolute atomic E-state index is 0.0255. The van der Waals surface area contributed by atoms with Gasteiger partial charge in [-0.25, -0.2) is 0 Å². The zero-order valence-corrected chi connectivity index (χ0v) is 17.1. The van der Waals surface area contributed by atoms with E-state index in [1.54, 1.807) is 19.1 Å². The summed E-state index contributed by atoms with van der Waals surface area (Å²) in [4.78, 5) is 16.8. The largest absolute Gasteiger partial charge is 0.497 e. The molecule has 6 nitrogen and oxygen atoms in total. The molecule has 1 fully saturated rings. The summed E-state index contributed by atoms with van der Waals surface area (Å²) in [6.07, 6.45) is 0.274. The predicted molar refractivity (Wildman–Crippen MR) is 113 cm³/mol. The molecule has 0 spiro atoms. The Morgan fingerprint density at radius 2 is 1.86 bits per heavy atom. The predicted octanol–water partition coefficient (Wildman–Crippen LogP) is 3.92. The van der Waals surface area contributed by atoms with Crippen LogP contribution in [0.5, 0.6) is 11.5 Å². The fourth-order valence-corrected chi connectivity index (χ4v) is 4.83. The van der Waals surface area contributed by atoms with Crippen LogP contribution in [0.4, 0.5) is 5.69 Å². The maximum atomic E-state index is 13.0. The van der Waals surface area contributed by atoms with Gasteiger partial charge in [-0.2, -0.15) is 5.26 Å². The Bertz CT molecular complexity index is 997. The Kier molecular flexibility index (Phi) is 5.36. The Balaban J connectivity index is 1.63. The second-order valence-electron chi connectivity index (χ2n) is 6.84. The smallest absolute Gasteiger partial charge is 0.229 e. The first-order chi connectivity index (χ1) is 14.1. The molecule has 0 radical (unpaired) electrons. The maximum absolute atomic E-state index is 13.0. The lowest BCUT2D eigenvalue weighted by molar-refractivity contribution is -0.129. The average molecular weight is 407 g/mol. The van der Waals surface area contributed by atoms with E-state index in [-0.39, 0.29) is 18.2 Å². The molecule has 0 saturated carbocycles. The summed E-state index contributed by atoms with van der Waals surface area (Å²) in [5.41, 5.74) is 2.59. The molecule has 0 bridgehead atoms. The highest BCUT2D eigenvalue weighted by molar-refractivity contribution is 8.03. The maximum Gasteiger partial charge on any atom is 0.229 e. The summed E-state index contributed by atoms with van der Waals surface area (Å²) >= 11 is 1.53. The molecule has 148 valence electrons. The van der Waals surface area contributed by atoms with E-state index in [0.29, 0.717) is 18.1 Å². The molecule has 0 N–H and O–H groups in total. The molecule has 0 aliphatic carbocycles. The SMILES string of the molecule is COc1ccc(N2CSC3=C(C#N)[C@@H](c4cccc(OC)c4)CC(=O)N3C2)cc1. The normalized spacial score (nSPS) is 18.9. The number of nitrogens with zero attached hydrogens (tertiary/aromatic N) is 3. The van der Waals surface area contributed by atoms with Gasteiger partial charge in [0.05, 0.1) is 43.4 Å². The topological polar surface area (TPSA) is 65.8 Å². The number of allylic oxidation sites excluding steroid dienone is 1. The van der Waals surface area contributed by atoms with Crippen LogP contribution in [0.1, 0.15) is 17.9 Å². The molecule has 2 aromatic rings. The number of thioether (sulfide) groups is 1. The summed E-state index contributed by atoms with van der Waals surface area (Å²) in [5.74, 6) is 1.97. The zero-order valence-electron chi connectivity index (χ0n) is 16.3. The molecule has 4 rings (SSSR count). The Labute approximate surface area is 174 Å². The van der Waals surface area contributed by atoms with Gasteiger partial charge in [-0.1, -0.05) is 23.9 Å². The first kappa shape index (κ1) is 19.2. The van der Waals surface area contributed by atoms with Gasteiger partial charge in [0.1, 0.15) is 11.5 Å². The minimum atomic E-state index is -0.242. The van der Waals surface area contributed by atoms with E-state index in [2.05, 4.69) is 11.0 Å². The lowest BCUT2D eigenvalue weighted by atomic mass is 9.86. The van der Waals surface area contributed by atoms with E-state index >= 15 is 0 Å². The van der Waals surface area contributed by atoms with Crippen molar-refractivity contribution in [1.82, 2.24) is 4.90 Å². The number of hydrogen-bond acceptors (Lipinski definition) is 6. The van der Waals surface area contributed by atoms with Gasteiger partial charge in [-0.3, -0.25) is 9.69 Å². The second-order valence-corrected chi connectivity index (χ2v) is 7.77. The molecule has 1 saturated heterocycles. The molecule has 1 atom stereocenters. The first-order valence-electron chi connectivity index (χ1n) is 9.25. The fraction of sp³-hybridized carbons (Fsp3) is 0.273. The molecule has 2 aliphatic rings. The van der Waals surface area contributed by atoms with E-state index in [1.165, 1.54) is 11.8 Å². The van der Waals surface area contributed by atoms with E-state index in [4.69, 9.17) is 9.47 Å². The van der Waals surface area contributed by atoms with Crippen LogP contribution in [0.15, 0.2) is 59.1 Å². The number of carbonyl (C=O) groups excluding carboxylic acids is 1. The zero-order chi connectivity index (χ0) is 20.4. The Hall–Kier alpha value is -3.11. The van der Waals surface area contributed by atoms with Crippen molar-refractivity contribution in [3.05, 3.63) is 64.7 Å². The van der Waals surface area contributed by atoms with Crippen molar-refractivity contribution >= 4 is 23.4 Å². The lowest BCUT2D eigenvalue weighted by Crippen LogP contribution is -2.47. The summed E-state index contributed by atoms with van der Waals surface area (Å²) in [5, 5.41) is 10.7. The van der Waals surface area contributed by atoms with Crippen LogP contribution >= 0.6 is 11.8 Å². The summed E-state index contributed by atoms with van der Waals surface area (Å²) in [6, 6.07) is 17.7. The van der Waals surface area contributed by atoms with Crippen LogP contribution in [0, 0.1) is 11.3 Å². The lowest BCUT2D eigenvalue weighted by Gasteiger charge is -2.42. The van der Waals surface area contributed by atoms with Gasteiger partial charge in [0, 0.05) is 18.0 Å². The number of amides is 1. The molecular formula is C22H21N3O3S. The summed E-state index contributed by atoms with van der Waals surface area (Å²) < 4.78 is 10.5. The van der Waals surface area contributed by atoms with Crippen LogP contribution < -0.4 is 14.4 Å². The highest BCUT2D eigenvalue weighted by Crippen LogP contribution is 2.43. The molecule has 1 amide bonds. The van der Waals surface area contributed by atoms with Gasteiger partial charge in [0.25, 0.3) is 0 Å². The average Bonchev–Trinajstić information content (AvgIpc) is 2.79. The third kappa shape index (κ3) is 3.64. The monoisotopic (exact) mass is 407 g/mol. The molecular weight excluding hydrogens is 386 g/mol. The number of nitriles is 1. The molecule has 29 heavy (non-hydrogen) atoms. The molecule has 2 heterocycles. The number of anilines is 1. The van der Waals surface area contributed by atoms with Gasteiger partial charge in [0.15, 0.2) is 0 Å². The number of carbonyl (C=O) groups is 1. The van der Waals surface area contributed by atoms with Crippen molar-refractivity contribution in [2.45, 2.75) is 12.3 Å². The van der Waals surface area contributed by atoms with Gasteiger partial charge in [0.2, 0.25) is 5.91 Å². The highest BCUT2D eigenvalue weighted by atomic mass is 32.2. The summed E-state index contributed by atoms with van der Waals surface area (Å²) in [6.45, 7) is 0.434. The van der Waals surface area contributed by atoms with Crippen molar-refractivity contribution in [2.75, 3.05) is 31.7 Å². The van der Waals surface area contributed by atoms with Gasteiger partial charge >= 0.3 is 0 Å². The molecule has 7 heteroatoms. The molecule has 2 aliphatic heterocycles. The highest BCUT2D eigenvalue weighted by Gasteiger charge is 2.38. The van der Waals surface area contributed by atoms with E-state index in [9.17, 15) is 10.1 Å². The van der Waals surface area contributed by atoms with Crippen LogP contribution in [-0.4, -0.2) is 37.6 Å². The first-order valence-corrected chi connectivity index (χ1v) is 10.2. The van der Waals surface area contributed by atoms with Gasteiger partial charge in [-0.15, -0.1) is 0 Å². The van der Waals surface area contributed by atoms with Crippen LogP contribution in [0.3, 0.4) is 0 Å². The van der Waals surface area contributed by atoms with Crippen molar-refractivity contribution in [1.29, 1.82) is 5.26 Å². The second kappa shape index (κ2) is 8.10. The van der Waals surface area contributed by atoms with Gasteiger partial charge in [-0.05, 0) is 42.0 Å². The van der Waals surface area contributed by atoms with E-state index in [0.717, 1.165) is 27.8 Å². The number of rotatable bonds is 4. The number of benzene rings is 2. The van der Waals surface area contributed by atoms with Gasteiger partial charge < -0.3 is 14.4 Å². The molecule has 0 unspecified atom stereocenters. The molecule has 2 aromatic carbocycles. The van der Waals surface area contributed by atoms with E-state index < -0.39 is 0 Å². The minimum Gasteiger partial charge on any atom is -0.497 e. The quantitative estimate of drug-likeness (QED) is 0.765. The number of methoxy groups -OCH3 is 2. The van der Waals surface area contributed by atoms with Crippen LogP contribution in [0.2, 0.25) is 0 Å². The van der Waals surface area contributed by atoms with Crippen LogP contribution in [0.25, 0.3) is 0 Å². The third-order valence-electron chi connectivity index (χ3n) is 5.23. The van der Waals surface area contributed by atoms with Crippen molar-refractivity contribution in [3.8, 4) is 17.6 Å². The van der Waals surface area contributed by atoms with Crippen molar-refractivity contribution in [3.63, 3.8) is 0 Å². The van der Waals surface area contributed by atoms with E-state index in [1.807, 2.05) is 48.5 Å².